The highest BCUT2D eigenvalue weighted by Gasteiger charge is 2.27. The zero-order valence-electron chi connectivity index (χ0n) is 10.9. The van der Waals surface area contributed by atoms with Crippen molar-refractivity contribution in [3.05, 3.63) is 28.2 Å². The van der Waals surface area contributed by atoms with Crippen LogP contribution in [0.25, 0.3) is 0 Å². The first-order chi connectivity index (χ1) is 9.11. The first-order valence-corrected chi connectivity index (χ1v) is 8.19. The maximum absolute atomic E-state index is 12.2. The zero-order valence-corrected chi connectivity index (χ0v) is 13.3. The predicted molar refractivity (Wildman–Crippen MR) is 81.4 cm³/mol. The molecule has 2 rings (SSSR count). The molecule has 0 spiro atoms. The molecule has 0 saturated carbocycles. The molecule has 0 bridgehead atoms. The quantitative estimate of drug-likeness (QED) is 0.854. The van der Waals surface area contributed by atoms with Gasteiger partial charge in [0.2, 0.25) is 5.91 Å². The van der Waals surface area contributed by atoms with Gasteiger partial charge in [-0.05, 0) is 43.5 Å². The molecule has 0 unspecified atom stereocenters. The lowest BCUT2D eigenvalue weighted by Gasteiger charge is -2.22. The molecule has 1 atom stereocenters. The van der Waals surface area contributed by atoms with E-state index < -0.39 is 0 Å². The largest absolute Gasteiger partial charge is 0.394 e. The Morgan fingerprint density at radius 2 is 2.37 bits per heavy atom. The summed E-state index contributed by atoms with van der Waals surface area (Å²) in [5, 5.41) is 9.24. The number of aliphatic hydroxyl groups excluding tert-OH is 1. The van der Waals surface area contributed by atoms with Crippen molar-refractivity contribution in [1.29, 1.82) is 0 Å². The number of halogens is 1. The Hall–Kier alpha value is -0.520. The van der Waals surface area contributed by atoms with Crippen LogP contribution in [0.5, 0.6) is 0 Å². The number of aliphatic hydroxyl groups is 1. The SMILES string of the molecule is Cc1cc(Br)ccc1SCC(=O)N1CCC[C@H]1CO. The fourth-order valence-corrected chi connectivity index (χ4v) is 3.72. The Morgan fingerprint density at radius 1 is 1.58 bits per heavy atom. The van der Waals surface area contributed by atoms with E-state index in [9.17, 15) is 9.90 Å². The molecule has 0 radical (unpaired) electrons. The number of likely N-dealkylation sites (tertiary alicyclic amines) is 1. The lowest BCUT2D eigenvalue weighted by atomic mass is 10.2. The lowest BCUT2D eigenvalue weighted by molar-refractivity contribution is -0.129. The standard InChI is InChI=1S/C14H18BrNO2S/c1-10-7-11(15)4-5-13(10)19-9-14(18)16-6-2-3-12(16)8-17/h4-5,7,12,17H,2-3,6,8-9H2,1H3/t12-/m0/s1. The van der Waals surface area contributed by atoms with Crippen molar-refractivity contribution >= 4 is 33.6 Å². The van der Waals surface area contributed by atoms with E-state index in [1.54, 1.807) is 11.8 Å². The number of amides is 1. The van der Waals surface area contributed by atoms with E-state index in [-0.39, 0.29) is 18.6 Å². The molecule has 1 aliphatic heterocycles. The van der Waals surface area contributed by atoms with Gasteiger partial charge in [-0.15, -0.1) is 11.8 Å². The molecule has 1 heterocycles. The van der Waals surface area contributed by atoms with Crippen LogP contribution < -0.4 is 0 Å². The molecule has 1 fully saturated rings. The van der Waals surface area contributed by atoms with Crippen molar-refractivity contribution in [2.45, 2.75) is 30.7 Å². The summed E-state index contributed by atoms with van der Waals surface area (Å²) in [6.45, 7) is 2.90. The third-order valence-corrected chi connectivity index (χ3v) is 5.05. The molecule has 1 aliphatic rings. The molecule has 1 N–H and O–H groups in total. The van der Waals surface area contributed by atoms with Gasteiger partial charge in [0, 0.05) is 15.9 Å². The Labute approximate surface area is 126 Å². The maximum Gasteiger partial charge on any atom is 0.233 e. The van der Waals surface area contributed by atoms with Crippen molar-refractivity contribution in [1.82, 2.24) is 4.90 Å². The molecule has 1 aromatic carbocycles. The summed E-state index contributed by atoms with van der Waals surface area (Å²) >= 11 is 5.00. The minimum absolute atomic E-state index is 0.0270. The molecule has 1 saturated heterocycles. The minimum atomic E-state index is 0.0270. The number of carbonyl (C=O) groups is 1. The molecule has 0 aliphatic carbocycles. The van der Waals surface area contributed by atoms with Crippen LogP contribution in [-0.2, 0) is 4.79 Å². The molecule has 104 valence electrons. The van der Waals surface area contributed by atoms with E-state index in [2.05, 4.69) is 22.0 Å². The van der Waals surface area contributed by atoms with Gasteiger partial charge in [-0.1, -0.05) is 15.9 Å². The van der Waals surface area contributed by atoms with Crippen LogP contribution in [0.15, 0.2) is 27.6 Å². The van der Waals surface area contributed by atoms with Gasteiger partial charge in [0.25, 0.3) is 0 Å². The highest BCUT2D eigenvalue weighted by atomic mass is 79.9. The van der Waals surface area contributed by atoms with Gasteiger partial charge in [0.05, 0.1) is 18.4 Å². The first kappa shape index (κ1) is 14.9. The average Bonchev–Trinajstić information content (AvgIpc) is 2.85. The number of nitrogens with zero attached hydrogens (tertiary/aromatic N) is 1. The Balaban J connectivity index is 1.93. The molecule has 5 heteroatoms. The normalized spacial score (nSPS) is 18.9. The van der Waals surface area contributed by atoms with Gasteiger partial charge < -0.3 is 10.0 Å². The number of benzene rings is 1. The van der Waals surface area contributed by atoms with Crippen LogP contribution in [0.4, 0.5) is 0 Å². The van der Waals surface area contributed by atoms with Crippen molar-refractivity contribution in [2.24, 2.45) is 0 Å². The van der Waals surface area contributed by atoms with Crippen LogP contribution in [0.2, 0.25) is 0 Å². The number of hydrogen-bond acceptors (Lipinski definition) is 3. The van der Waals surface area contributed by atoms with E-state index in [4.69, 9.17) is 0 Å². The van der Waals surface area contributed by atoms with E-state index in [0.29, 0.717) is 5.75 Å². The summed E-state index contributed by atoms with van der Waals surface area (Å²) in [5.74, 6) is 0.572. The lowest BCUT2D eigenvalue weighted by Crippen LogP contribution is -2.38. The summed E-state index contributed by atoms with van der Waals surface area (Å²) in [7, 11) is 0. The first-order valence-electron chi connectivity index (χ1n) is 6.41. The van der Waals surface area contributed by atoms with Gasteiger partial charge in [0.15, 0.2) is 0 Å². The van der Waals surface area contributed by atoms with Crippen molar-refractivity contribution in [2.75, 3.05) is 18.9 Å². The summed E-state index contributed by atoms with van der Waals surface area (Å²) in [5.41, 5.74) is 1.17. The average molecular weight is 344 g/mol. The number of rotatable bonds is 4. The fourth-order valence-electron chi connectivity index (χ4n) is 2.35. The number of hydrogen-bond donors (Lipinski definition) is 1. The highest BCUT2D eigenvalue weighted by molar-refractivity contribution is 9.10. The van der Waals surface area contributed by atoms with E-state index in [1.165, 1.54) is 5.56 Å². The molecular weight excluding hydrogens is 326 g/mol. The molecule has 0 aromatic heterocycles. The monoisotopic (exact) mass is 343 g/mol. The Morgan fingerprint density at radius 3 is 3.05 bits per heavy atom. The van der Waals surface area contributed by atoms with Crippen molar-refractivity contribution < 1.29 is 9.90 Å². The summed E-state index contributed by atoms with van der Waals surface area (Å²) in [6.07, 6.45) is 1.92. The topological polar surface area (TPSA) is 40.5 Å². The summed E-state index contributed by atoms with van der Waals surface area (Å²) in [4.78, 5) is 15.1. The van der Waals surface area contributed by atoms with Crippen LogP contribution in [0.3, 0.4) is 0 Å². The molecular formula is C14H18BrNO2S. The molecule has 19 heavy (non-hydrogen) atoms. The zero-order chi connectivity index (χ0) is 13.8. The van der Waals surface area contributed by atoms with Gasteiger partial charge in [-0.25, -0.2) is 0 Å². The third-order valence-electron chi connectivity index (χ3n) is 3.40. The minimum Gasteiger partial charge on any atom is -0.394 e. The second-order valence-corrected chi connectivity index (χ2v) is 6.70. The second-order valence-electron chi connectivity index (χ2n) is 4.76. The van der Waals surface area contributed by atoms with E-state index in [1.807, 2.05) is 24.0 Å². The molecule has 1 amide bonds. The molecule has 1 aromatic rings. The van der Waals surface area contributed by atoms with Crippen molar-refractivity contribution in [3.8, 4) is 0 Å². The third kappa shape index (κ3) is 3.74. The van der Waals surface area contributed by atoms with Crippen LogP contribution in [0, 0.1) is 6.92 Å². The van der Waals surface area contributed by atoms with Crippen molar-refractivity contribution in [3.63, 3.8) is 0 Å². The van der Waals surface area contributed by atoms with Crippen LogP contribution in [-0.4, -0.2) is 40.9 Å². The summed E-state index contributed by atoms with van der Waals surface area (Å²) in [6, 6.07) is 6.11. The van der Waals surface area contributed by atoms with Gasteiger partial charge in [0.1, 0.15) is 0 Å². The predicted octanol–water partition coefficient (Wildman–Crippen LogP) is 2.83. The fraction of sp³-hybridized carbons (Fsp3) is 0.500. The maximum atomic E-state index is 12.2. The Kier molecular flexibility index (Phi) is 5.30. The van der Waals surface area contributed by atoms with Gasteiger partial charge in [-0.3, -0.25) is 4.79 Å². The number of thioether (sulfide) groups is 1. The van der Waals surface area contributed by atoms with E-state index in [0.717, 1.165) is 28.8 Å². The number of aryl methyl sites for hydroxylation is 1. The van der Waals surface area contributed by atoms with E-state index >= 15 is 0 Å². The highest BCUT2D eigenvalue weighted by Crippen LogP contribution is 2.26. The van der Waals surface area contributed by atoms with Crippen LogP contribution in [0.1, 0.15) is 18.4 Å². The van der Waals surface area contributed by atoms with Crippen LogP contribution >= 0.6 is 27.7 Å². The smallest absolute Gasteiger partial charge is 0.233 e. The number of carbonyl (C=O) groups excluding carboxylic acids is 1. The Bertz CT molecular complexity index is 467. The van der Waals surface area contributed by atoms with Gasteiger partial charge >= 0.3 is 0 Å². The summed E-state index contributed by atoms with van der Waals surface area (Å²) < 4.78 is 1.06. The van der Waals surface area contributed by atoms with Gasteiger partial charge in [-0.2, -0.15) is 0 Å². The molecule has 3 nitrogen and oxygen atoms in total. The second kappa shape index (κ2) is 6.77.